The summed E-state index contributed by atoms with van der Waals surface area (Å²) >= 11 is 0. The Labute approximate surface area is 128 Å². The molecule has 0 aliphatic rings. The molecule has 112 valence electrons. The summed E-state index contributed by atoms with van der Waals surface area (Å²) in [6.07, 6.45) is 3.63. The SMILES string of the molecule is C=C/C(=C\N=C(C)C)c1ccc(C(C)(C)C(C)=O)c(C)c1. The summed E-state index contributed by atoms with van der Waals surface area (Å²) in [5.41, 5.74) is 4.76. The number of carbonyl (C=O) groups is 1. The van der Waals surface area contributed by atoms with E-state index in [1.165, 1.54) is 0 Å². The maximum absolute atomic E-state index is 11.8. The maximum Gasteiger partial charge on any atom is 0.139 e. The van der Waals surface area contributed by atoms with E-state index in [1.54, 1.807) is 13.0 Å². The van der Waals surface area contributed by atoms with Crippen molar-refractivity contribution in [3.63, 3.8) is 0 Å². The summed E-state index contributed by atoms with van der Waals surface area (Å²) in [6.45, 7) is 15.4. The normalized spacial score (nSPS) is 12.0. The Morgan fingerprint density at radius 3 is 2.29 bits per heavy atom. The quantitative estimate of drug-likeness (QED) is 0.560. The number of rotatable bonds is 5. The van der Waals surface area contributed by atoms with E-state index in [-0.39, 0.29) is 5.78 Å². The van der Waals surface area contributed by atoms with E-state index in [0.29, 0.717) is 0 Å². The number of aryl methyl sites for hydroxylation is 1. The van der Waals surface area contributed by atoms with E-state index in [4.69, 9.17) is 0 Å². The van der Waals surface area contributed by atoms with Gasteiger partial charge in [-0.3, -0.25) is 9.79 Å². The molecule has 0 saturated carbocycles. The number of carbonyl (C=O) groups excluding carboxylic acids is 1. The highest BCUT2D eigenvalue weighted by Gasteiger charge is 2.27. The number of allylic oxidation sites excluding steroid dienone is 2. The minimum Gasteiger partial charge on any atom is -0.299 e. The van der Waals surface area contributed by atoms with E-state index in [9.17, 15) is 4.79 Å². The van der Waals surface area contributed by atoms with Gasteiger partial charge < -0.3 is 0 Å². The lowest BCUT2D eigenvalue weighted by Gasteiger charge is -2.24. The Balaban J connectivity index is 3.30. The largest absolute Gasteiger partial charge is 0.299 e. The topological polar surface area (TPSA) is 29.4 Å². The molecular weight excluding hydrogens is 258 g/mol. The monoisotopic (exact) mass is 283 g/mol. The molecule has 0 heterocycles. The maximum atomic E-state index is 11.8. The number of hydrogen-bond acceptors (Lipinski definition) is 2. The molecule has 0 atom stereocenters. The van der Waals surface area contributed by atoms with Crippen molar-refractivity contribution >= 4 is 17.1 Å². The second kappa shape index (κ2) is 6.66. The average Bonchev–Trinajstić information content (AvgIpc) is 2.38. The number of Topliss-reactive ketones (excluding diaryl/α,β-unsaturated/α-hetero) is 1. The molecule has 0 fully saturated rings. The molecule has 0 unspecified atom stereocenters. The molecule has 0 spiro atoms. The van der Waals surface area contributed by atoms with Crippen LogP contribution < -0.4 is 0 Å². The summed E-state index contributed by atoms with van der Waals surface area (Å²) < 4.78 is 0. The molecule has 0 saturated heterocycles. The van der Waals surface area contributed by atoms with Crippen LogP contribution in [0.2, 0.25) is 0 Å². The van der Waals surface area contributed by atoms with Crippen LogP contribution in [0.1, 0.15) is 51.3 Å². The van der Waals surface area contributed by atoms with Gasteiger partial charge in [0.1, 0.15) is 5.78 Å². The standard InChI is InChI=1S/C19H25NO/c1-8-16(12-20-13(2)3)17-9-10-18(14(4)11-17)19(6,7)15(5)21/h8-12H,1H2,2-7H3/b16-12+. The second-order valence-electron chi connectivity index (χ2n) is 6.08. The number of benzene rings is 1. The van der Waals surface area contributed by atoms with Gasteiger partial charge in [0.2, 0.25) is 0 Å². The van der Waals surface area contributed by atoms with Crippen molar-refractivity contribution in [1.29, 1.82) is 0 Å². The lowest BCUT2D eigenvalue weighted by Crippen LogP contribution is -2.27. The predicted octanol–water partition coefficient (Wildman–Crippen LogP) is 4.87. The van der Waals surface area contributed by atoms with Crippen LogP contribution in [0.15, 0.2) is 42.0 Å². The molecule has 2 nitrogen and oxygen atoms in total. The van der Waals surface area contributed by atoms with Crippen LogP contribution in [-0.2, 0) is 10.2 Å². The Morgan fingerprint density at radius 1 is 1.24 bits per heavy atom. The number of nitrogens with zero attached hydrogens (tertiary/aromatic N) is 1. The number of hydrogen-bond donors (Lipinski definition) is 0. The summed E-state index contributed by atoms with van der Waals surface area (Å²) in [7, 11) is 0. The molecule has 0 aliphatic carbocycles. The van der Waals surface area contributed by atoms with Crippen molar-refractivity contribution in [2.45, 2.75) is 47.0 Å². The Bertz CT molecular complexity index is 614. The van der Waals surface area contributed by atoms with Gasteiger partial charge in [-0.25, -0.2) is 0 Å². The fourth-order valence-corrected chi connectivity index (χ4v) is 2.18. The van der Waals surface area contributed by atoms with Gasteiger partial charge in [0.15, 0.2) is 0 Å². The number of aliphatic imine (C=N–C) groups is 1. The molecule has 1 aromatic carbocycles. The van der Waals surface area contributed by atoms with E-state index < -0.39 is 5.41 Å². The first-order chi connectivity index (χ1) is 9.70. The summed E-state index contributed by atoms with van der Waals surface area (Å²) in [5.74, 6) is 0.170. The van der Waals surface area contributed by atoms with Gasteiger partial charge in [0.05, 0.1) is 0 Å². The van der Waals surface area contributed by atoms with Crippen LogP contribution >= 0.6 is 0 Å². The van der Waals surface area contributed by atoms with Gasteiger partial charge in [-0.2, -0.15) is 0 Å². The van der Waals surface area contributed by atoms with Crippen molar-refractivity contribution in [1.82, 2.24) is 0 Å². The molecule has 21 heavy (non-hydrogen) atoms. The van der Waals surface area contributed by atoms with Gasteiger partial charge >= 0.3 is 0 Å². The van der Waals surface area contributed by atoms with Crippen LogP contribution in [0.25, 0.3) is 5.57 Å². The molecule has 1 rings (SSSR count). The van der Waals surface area contributed by atoms with Crippen molar-refractivity contribution in [3.05, 3.63) is 53.7 Å². The first-order valence-electron chi connectivity index (χ1n) is 7.16. The highest BCUT2D eigenvalue weighted by atomic mass is 16.1. The van der Waals surface area contributed by atoms with Gasteiger partial charge in [0, 0.05) is 17.3 Å². The first-order valence-corrected chi connectivity index (χ1v) is 7.16. The zero-order valence-electron chi connectivity index (χ0n) is 13.9. The van der Waals surface area contributed by atoms with E-state index in [2.05, 4.69) is 17.6 Å². The smallest absolute Gasteiger partial charge is 0.139 e. The lowest BCUT2D eigenvalue weighted by atomic mass is 9.78. The predicted molar refractivity (Wildman–Crippen MR) is 91.8 cm³/mol. The lowest BCUT2D eigenvalue weighted by molar-refractivity contribution is -0.121. The van der Waals surface area contributed by atoms with Crippen LogP contribution in [0.4, 0.5) is 0 Å². The minimum absolute atomic E-state index is 0.170. The summed E-state index contributed by atoms with van der Waals surface area (Å²) in [4.78, 5) is 16.2. The number of ketones is 1. The zero-order valence-corrected chi connectivity index (χ0v) is 13.9. The van der Waals surface area contributed by atoms with Gasteiger partial charge in [-0.05, 0) is 63.8 Å². The second-order valence-corrected chi connectivity index (χ2v) is 6.08. The third-order valence-electron chi connectivity index (χ3n) is 3.79. The molecule has 0 aromatic heterocycles. The Kier molecular flexibility index (Phi) is 5.42. The molecular formula is C19H25NO. The molecule has 1 aromatic rings. The van der Waals surface area contributed by atoms with Crippen molar-refractivity contribution in [2.24, 2.45) is 4.99 Å². The summed E-state index contributed by atoms with van der Waals surface area (Å²) in [6, 6.07) is 6.15. The molecule has 0 aliphatic heterocycles. The van der Waals surface area contributed by atoms with Crippen molar-refractivity contribution in [3.8, 4) is 0 Å². The van der Waals surface area contributed by atoms with E-state index in [0.717, 1.165) is 28.0 Å². The third-order valence-corrected chi connectivity index (χ3v) is 3.79. The van der Waals surface area contributed by atoms with Crippen LogP contribution in [-0.4, -0.2) is 11.5 Å². The fraction of sp³-hybridized carbons (Fsp3) is 0.368. The minimum atomic E-state index is -0.459. The zero-order chi connectivity index (χ0) is 16.2. The Morgan fingerprint density at radius 2 is 1.86 bits per heavy atom. The van der Waals surface area contributed by atoms with E-state index in [1.807, 2.05) is 53.0 Å². The molecule has 0 amide bonds. The summed E-state index contributed by atoms with van der Waals surface area (Å²) in [5, 5.41) is 0. The molecule has 2 heteroatoms. The highest BCUT2D eigenvalue weighted by Crippen LogP contribution is 2.29. The van der Waals surface area contributed by atoms with Crippen LogP contribution in [0.3, 0.4) is 0 Å². The molecule has 0 bridgehead atoms. The van der Waals surface area contributed by atoms with Gasteiger partial charge in [-0.15, -0.1) is 0 Å². The van der Waals surface area contributed by atoms with E-state index >= 15 is 0 Å². The average molecular weight is 283 g/mol. The Hall–Kier alpha value is -1.96. The molecule has 0 radical (unpaired) electrons. The van der Waals surface area contributed by atoms with Crippen molar-refractivity contribution in [2.75, 3.05) is 0 Å². The van der Waals surface area contributed by atoms with Gasteiger partial charge in [-0.1, -0.05) is 30.9 Å². The molecule has 0 N–H and O–H groups in total. The van der Waals surface area contributed by atoms with Crippen LogP contribution in [0, 0.1) is 6.92 Å². The third kappa shape index (κ3) is 4.01. The fourth-order valence-electron chi connectivity index (χ4n) is 2.18. The first kappa shape index (κ1) is 17.1. The van der Waals surface area contributed by atoms with Crippen molar-refractivity contribution < 1.29 is 4.79 Å². The van der Waals surface area contributed by atoms with Gasteiger partial charge in [0.25, 0.3) is 0 Å². The highest BCUT2D eigenvalue weighted by molar-refractivity contribution is 5.88. The van der Waals surface area contributed by atoms with Crippen LogP contribution in [0.5, 0.6) is 0 Å².